The van der Waals surface area contributed by atoms with Crippen LogP contribution in [0.4, 0.5) is 11.4 Å². The van der Waals surface area contributed by atoms with Crippen LogP contribution < -0.4 is 16.8 Å². The van der Waals surface area contributed by atoms with Crippen molar-refractivity contribution < 1.29 is 9.72 Å². The van der Waals surface area contributed by atoms with Gasteiger partial charge in [0.15, 0.2) is 0 Å². The summed E-state index contributed by atoms with van der Waals surface area (Å²) >= 11 is 0. The highest BCUT2D eigenvalue weighted by atomic mass is 16.6. The number of amides is 1. The van der Waals surface area contributed by atoms with Gasteiger partial charge in [-0.3, -0.25) is 14.9 Å². The second-order valence-corrected chi connectivity index (χ2v) is 3.48. The Balaban J connectivity index is 3.09. The predicted octanol–water partition coefficient (Wildman–Crippen LogP) is 0.160. The van der Waals surface area contributed by atoms with E-state index >= 15 is 0 Å². The summed E-state index contributed by atoms with van der Waals surface area (Å²) in [7, 11) is 0. The number of nitro groups is 1. The molecule has 0 heterocycles. The average Bonchev–Trinajstić information content (AvgIpc) is 2.29. The number of nitro benzene ring substituents is 1. The number of nitrogens with two attached hydrogens (primary N) is 2. The van der Waals surface area contributed by atoms with Crippen molar-refractivity contribution in [2.75, 3.05) is 5.32 Å². The number of hydrogen-bond donors (Lipinski definition) is 3. The van der Waals surface area contributed by atoms with Crippen molar-refractivity contribution in [3.8, 4) is 0 Å². The van der Waals surface area contributed by atoms with E-state index in [0.717, 1.165) is 0 Å². The number of carbonyl (C=O) groups is 1. The lowest BCUT2D eigenvalue weighted by Gasteiger charge is -2.03. The van der Waals surface area contributed by atoms with Gasteiger partial charge < -0.3 is 16.8 Å². The molecule has 0 aliphatic heterocycles. The fraction of sp³-hybridized carbons (Fsp3) is 0.100. The van der Waals surface area contributed by atoms with E-state index in [1.807, 2.05) is 0 Å². The van der Waals surface area contributed by atoms with Crippen LogP contribution in [-0.2, 0) is 4.79 Å². The molecule has 0 saturated carbocycles. The SMILES string of the molecule is CC(=O)Nc1ccc(C=NN=C(N)N)cc1[N+](=O)[O-]. The van der Waals surface area contributed by atoms with Gasteiger partial charge in [0.1, 0.15) is 5.69 Å². The molecule has 0 aliphatic rings. The Morgan fingerprint density at radius 1 is 1.47 bits per heavy atom. The highest BCUT2D eigenvalue weighted by Gasteiger charge is 2.14. The van der Waals surface area contributed by atoms with E-state index in [9.17, 15) is 14.9 Å². The van der Waals surface area contributed by atoms with Crippen molar-refractivity contribution in [2.24, 2.45) is 21.7 Å². The highest BCUT2D eigenvalue weighted by Crippen LogP contribution is 2.24. The van der Waals surface area contributed by atoms with Gasteiger partial charge in [0.25, 0.3) is 5.69 Å². The monoisotopic (exact) mass is 264 g/mol. The van der Waals surface area contributed by atoms with Crippen LogP contribution in [0, 0.1) is 10.1 Å². The smallest absolute Gasteiger partial charge is 0.293 e. The molecule has 0 aliphatic carbocycles. The van der Waals surface area contributed by atoms with Crippen LogP contribution in [0.5, 0.6) is 0 Å². The number of benzene rings is 1. The Morgan fingerprint density at radius 3 is 2.68 bits per heavy atom. The first kappa shape index (κ1) is 14.1. The molecule has 0 aromatic heterocycles. The molecule has 100 valence electrons. The summed E-state index contributed by atoms with van der Waals surface area (Å²) in [5, 5.41) is 20.1. The zero-order chi connectivity index (χ0) is 14.4. The predicted molar refractivity (Wildman–Crippen MR) is 70.8 cm³/mol. The second-order valence-electron chi connectivity index (χ2n) is 3.48. The lowest BCUT2D eigenvalue weighted by atomic mass is 10.2. The Labute approximate surface area is 108 Å². The number of nitrogens with one attached hydrogen (secondary N) is 1. The molecule has 9 heteroatoms. The van der Waals surface area contributed by atoms with Gasteiger partial charge in [-0.2, -0.15) is 5.10 Å². The van der Waals surface area contributed by atoms with Crippen LogP contribution in [0.15, 0.2) is 28.4 Å². The second kappa shape index (κ2) is 6.10. The standard InChI is InChI=1S/C10H12N6O3/c1-6(17)14-8-3-2-7(4-9(8)16(18)19)5-13-15-10(11)12/h2-5H,1H3,(H,14,17)(H4,11,12,15). The maximum atomic E-state index is 10.9. The number of guanidine groups is 1. The molecule has 0 spiro atoms. The third-order valence-electron chi connectivity index (χ3n) is 1.91. The molecular weight excluding hydrogens is 252 g/mol. The zero-order valence-corrected chi connectivity index (χ0v) is 10.0. The van der Waals surface area contributed by atoms with Crippen molar-refractivity contribution in [2.45, 2.75) is 6.92 Å². The summed E-state index contributed by atoms with van der Waals surface area (Å²) in [4.78, 5) is 21.2. The largest absolute Gasteiger partial charge is 0.369 e. The van der Waals surface area contributed by atoms with E-state index in [1.54, 1.807) is 0 Å². The minimum absolute atomic E-state index is 0.108. The Bertz CT molecular complexity index is 562. The molecule has 1 aromatic rings. The van der Waals surface area contributed by atoms with Gasteiger partial charge >= 0.3 is 0 Å². The van der Waals surface area contributed by atoms with Crippen LogP contribution >= 0.6 is 0 Å². The normalized spacial score (nSPS) is 10.2. The Morgan fingerprint density at radius 2 is 2.16 bits per heavy atom. The average molecular weight is 264 g/mol. The lowest BCUT2D eigenvalue weighted by Crippen LogP contribution is -2.21. The summed E-state index contributed by atoms with van der Waals surface area (Å²) in [6.45, 7) is 1.26. The van der Waals surface area contributed by atoms with E-state index in [-0.39, 0.29) is 17.3 Å². The van der Waals surface area contributed by atoms with Crippen molar-refractivity contribution >= 4 is 29.5 Å². The third-order valence-corrected chi connectivity index (χ3v) is 1.91. The Kier molecular flexibility index (Phi) is 4.52. The molecule has 19 heavy (non-hydrogen) atoms. The van der Waals surface area contributed by atoms with E-state index < -0.39 is 10.8 Å². The van der Waals surface area contributed by atoms with Crippen LogP contribution in [0.2, 0.25) is 0 Å². The summed E-state index contributed by atoms with van der Waals surface area (Å²) in [5.41, 5.74) is 10.4. The fourth-order valence-corrected chi connectivity index (χ4v) is 1.24. The maximum Gasteiger partial charge on any atom is 0.293 e. The molecule has 5 N–H and O–H groups in total. The van der Waals surface area contributed by atoms with Gasteiger partial charge in [-0.1, -0.05) is 6.07 Å². The van der Waals surface area contributed by atoms with Crippen LogP contribution in [0.3, 0.4) is 0 Å². The minimum atomic E-state index is -0.608. The molecule has 1 amide bonds. The van der Waals surface area contributed by atoms with E-state index in [4.69, 9.17) is 11.5 Å². The van der Waals surface area contributed by atoms with Gasteiger partial charge in [-0.25, -0.2) is 0 Å². The number of hydrogen-bond acceptors (Lipinski definition) is 5. The van der Waals surface area contributed by atoms with Crippen molar-refractivity contribution in [1.82, 2.24) is 0 Å². The van der Waals surface area contributed by atoms with Gasteiger partial charge in [0.2, 0.25) is 11.9 Å². The summed E-state index contributed by atoms with van der Waals surface area (Å²) in [5.74, 6) is -0.620. The Hall–Kier alpha value is -2.97. The van der Waals surface area contributed by atoms with Crippen molar-refractivity contribution in [3.05, 3.63) is 33.9 Å². The zero-order valence-electron chi connectivity index (χ0n) is 10.0. The molecule has 0 saturated heterocycles. The molecule has 0 radical (unpaired) electrons. The van der Waals surface area contributed by atoms with Crippen LogP contribution in [0.1, 0.15) is 12.5 Å². The molecule has 9 nitrogen and oxygen atoms in total. The summed E-state index contributed by atoms with van der Waals surface area (Å²) in [6, 6.07) is 4.18. The number of nitrogens with zero attached hydrogens (tertiary/aromatic N) is 3. The first-order chi connectivity index (χ1) is 8.90. The van der Waals surface area contributed by atoms with Gasteiger partial charge in [0, 0.05) is 18.6 Å². The van der Waals surface area contributed by atoms with E-state index in [2.05, 4.69) is 15.5 Å². The molecule has 1 rings (SSSR count). The first-order valence-corrected chi connectivity index (χ1v) is 5.08. The summed E-state index contributed by atoms with van der Waals surface area (Å²) in [6.07, 6.45) is 1.25. The number of anilines is 1. The van der Waals surface area contributed by atoms with Gasteiger partial charge in [0.05, 0.1) is 11.1 Å². The van der Waals surface area contributed by atoms with Crippen molar-refractivity contribution in [1.29, 1.82) is 0 Å². The molecule has 0 bridgehead atoms. The molecule has 0 fully saturated rings. The van der Waals surface area contributed by atoms with Crippen molar-refractivity contribution in [3.63, 3.8) is 0 Å². The third kappa shape index (κ3) is 4.42. The quantitative estimate of drug-likeness (QED) is 0.306. The highest BCUT2D eigenvalue weighted by molar-refractivity contribution is 5.92. The van der Waals surface area contributed by atoms with E-state index in [0.29, 0.717) is 5.56 Å². The molecule has 0 atom stereocenters. The topological polar surface area (TPSA) is 149 Å². The van der Waals surface area contributed by atoms with Crippen LogP contribution in [0.25, 0.3) is 0 Å². The molecule has 0 unspecified atom stereocenters. The number of carbonyl (C=O) groups excluding carboxylic acids is 1. The molecular formula is C10H12N6O3. The molecule has 1 aromatic carbocycles. The van der Waals surface area contributed by atoms with E-state index in [1.165, 1.54) is 31.3 Å². The lowest BCUT2D eigenvalue weighted by molar-refractivity contribution is -0.383. The maximum absolute atomic E-state index is 10.9. The van der Waals surface area contributed by atoms with Gasteiger partial charge in [-0.05, 0) is 6.07 Å². The minimum Gasteiger partial charge on any atom is -0.369 e. The first-order valence-electron chi connectivity index (χ1n) is 5.08. The number of rotatable bonds is 4. The summed E-state index contributed by atoms with van der Waals surface area (Å²) < 4.78 is 0. The fourth-order valence-electron chi connectivity index (χ4n) is 1.24. The van der Waals surface area contributed by atoms with Crippen LogP contribution in [-0.4, -0.2) is 23.0 Å². The van der Waals surface area contributed by atoms with Gasteiger partial charge in [-0.15, -0.1) is 5.10 Å².